The fraction of sp³-hybridized carbons (Fsp3) is 0.625. The Bertz CT molecular complexity index is 840. The van der Waals surface area contributed by atoms with Crippen molar-refractivity contribution in [3.05, 3.63) is 34.6 Å². The summed E-state index contributed by atoms with van der Waals surface area (Å²) in [7, 11) is 0. The molecule has 3 heterocycles. The molecular formula is C24H34BrN5O2. The van der Waals surface area contributed by atoms with Gasteiger partial charge in [-0.2, -0.15) is 4.98 Å². The van der Waals surface area contributed by atoms with E-state index in [1.165, 1.54) is 38.8 Å². The summed E-state index contributed by atoms with van der Waals surface area (Å²) in [5.74, 6) is 1.57. The summed E-state index contributed by atoms with van der Waals surface area (Å²) in [4.78, 5) is 21.9. The smallest absolute Gasteiger partial charge is 0.241 e. The van der Waals surface area contributed by atoms with Gasteiger partial charge in [-0.15, -0.1) is 0 Å². The minimum absolute atomic E-state index is 0.116. The molecule has 4 rings (SSSR count). The number of likely N-dealkylation sites (tertiary alicyclic amines) is 2. The molecule has 8 heteroatoms. The molecule has 0 saturated carbocycles. The third-order valence-corrected chi connectivity index (χ3v) is 7.07. The van der Waals surface area contributed by atoms with Gasteiger partial charge < -0.3 is 14.7 Å². The molecule has 0 atom stereocenters. The fourth-order valence-corrected chi connectivity index (χ4v) is 4.86. The lowest BCUT2D eigenvalue weighted by molar-refractivity contribution is -0.126. The van der Waals surface area contributed by atoms with Crippen LogP contribution in [0.4, 0.5) is 0 Å². The van der Waals surface area contributed by atoms with Crippen LogP contribution in [0, 0.1) is 5.92 Å². The maximum Gasteiger partial charge on any atom is 0.241 e. The van der Waals surface area contributed by atoms with E-state index >= 15 is 0 Å². The number of nitrogens with zero attached hydrogens (tertiary/aromatic N) is 4. The molecule has 0 bridgehead atoms. The van der Waals surface area contributed by atoms with Crippen LogP contribution in [0.3, 0.4) is 0 Å². The van der Waals surface area contributed by atoms with Crippen LogP contribution in [0.15, 0.2) is 33.3 Å². The van der Waals surface area contributed by atoms with Crippen molar-refractivity contribution >= 4 is 21.8 Å². The van der Waals surface area contributed by atoms with E-state index in [0.717, 1.165) is 55.5 Å². The van der Waals surface area contributed by atoms with Crippen molar-refractivity contribution in [2.75, 3.05) is 39.3 Å². The quantitative estimate of drug-likeness (QED) is 0.546. The van der Waals surface area contributed by atoms with Crippen molar-refractivity contribution in [2.45, 2.75) is 51.5 Å². The molecule has 0 unspecified atom stereocenters. The van der Waals surface area contributed by atoms with E-state index in [4.69, 9.17) is 4.52 Å². The molecule has 0 spiro atoms. The molecule has 32 heavy (non-hydrogen) atoms. The zero-order valence-corrected chi connectivity index (χ0v) is 20.4. The number of rotatable bonds is 8. The lowest BCUT2D eigenvalue weighted by atomic mass is 9.96. The third-order valence-electron chi connectivity index (χ3n) is 6.54. The number of carbonyl (C=O) groups is 1. The Morgan fingerprint density at radius 1 is 1.03 bits per heavy atom. The Kier molecular flexibility index (Phi) is 8.70. The van der Waals surface area contributed by atoms with Gasteiger partial charge in [0.1, 0.15) is 0 Å². The van der Waals surface area contributed by atoms with Gasteiger partial charge in [0, 0.05) is 22.5 Å². The molecule has 2 aromatic rings. The summed E-state index contributed by atoms with van der Waals surface area (Å²) in [6.07, 6.45) is 8.18. The highest BCUT2D eigenvalue weighted by molar-refractivity contribution is 9.10. The maximum absolute atomic E-state index is 12.6. The summed E-state index contributed by atoms with van der Waals surface area (Å²) in [6.45, 7) is 6.72. The van der Waals surface area contributed by atoms with Gasteiger partial charge >= 0.3 is 0 Å². The highest BCUT2D eigenvalue weighted by atomic mass is 79.9. The van der Waals surface area contributed by atoms with Crippen LogP contribution < -0.4 is 5.32 Å². The van der Waals surface area contributed by atoms with E-state index in [1.54, 1.807) is 0 Å². The molecule has 1 N–H and O–H groups in total. The molecule has 2 fully saturated rings. The van der Waals surface area contributed by atoms with Gasteiger partial charge in [-0.1, -0.05) is 33.9 Å². The second kappa shape index (κ2) is 11.9. The van der Waals surface area contributed by atoms with Crippen LogP contribution in [-0.4, -0.2) is 65.1 Å². The number of hydrogen-bond donors (Lipinski definition) is 1. The second-order valence-corrected chi connectivity index (χ2v) is 9.89. The van der Waals surface area contributed by atoms with Crippen molar-refractivity contribution in [1.82, 2.24) is 25.3 Å². The van der Waals surface area contributed by atoms with Crippen molar-refractivity contribution in [1.29, 1.82) is 0 Å². The maximum atomic E-state index is 12.6. The molecule has 1 amide bonds. The largest absolute Gasteiger partial charge is 0.356 e. The van der Waals surface area contributed by atoms with Crippen molar-refractivity contribution in [3.63, 3.8) is 0 Å². The second-order valence-electron chi connectivity index (χ2n) is 8.97. The van der Waals surface area contributed by atoms with Gasteiger partial charge in [-0.3, -0.25) is 9.69 Å². The number of benzene rings is 1. The van der Waals surface area contributed by atoms with E-state index in [2.05, 4.69) is 41.2 Å². The number of nitrogens with one attached hydrogen (secondary N) is 1. The molecule has 0 aliphatic carbocycles. The Hall–Kier alpha value is -1.77. The van der Waals surface area contributed by atoms with Crippen LogP contribution in [0.5, 0.6) is 0 Å². The first-order valence-electron chi connectivity index (χ1n) is 12.0. The van der Waals surface area contributed by atoms with Crippen LogP contribution in [0.2, 0.25) is 0 Å². The number of amides is 1. The Morgan fingerprint density at radius 3 is 2.47 bits per heavy atom. The standard InChI is InChI=1S/C24H34BrN5O2/c25-21-8-6-19(7-9-21)23-27-22(32-28-23)18-30-16-10-20(11-17-30)24(31)26-12-5-15-29-13-3-1-2-4-14-29/h6-9,20H,1-5,10-18H2,(H,26,31). The number of hydrogen-bond acceptors (Lipinski definition) is 6. The predicted octanol–water partition coefficient (Wildman–Crippen LogP) is 4.09. The van der Waals surface area contributed by atoms with Gasteiger partial charge in [-0.25, -0.2) is 0 Å². The SMILES string of the molecule is O=C(NCCCN1CCCCCC1)C1CCN(Cc2nc(-c3ccc(Br)cc3)no2)CC1. The average molecular weight is 504 g/mol. The van der Waals surface area contributed by atoms with Crippen LogP contribution in [0.25, 0.3) is 11.4 Å². The topological polar surface area (TPSA) is 74.5 Å². The van der Waals surface area contributed by atoms with Crippen molar-refractivity contribution in [3.8, 4) is 11.4 Å². The Morgan fingerprint density at radius 2 is 1.75 bits per heavy atom. The summed E-state index contributed by atoms with van der Waals surface area (Å²) in [5.41, 5.74) is 0.939. The lowest BCUT2D eigenvalue weighted by Crippen LogP contribution is -2.41. The Balaban J connectivity index is 1.14. The third kappa shape index (κ3) is 6.86. The Labute approximate surface area is 199 Å². The first-order chi connectivity index (χ1) is 15.7. The highest BCUT2D eigenvalue weighted by Gasteiger charge is 2.26. The number of carbonyl (C=O) groups excluding carboxylic acids is 1. The normalized spacial score (nSPS) is 19.0. The van der Waals surface area contributed by atoms with E-state index in [0.29, 0.717) is 18.3 Å². The van der Waals surface area contributed by atoms with E-state index < -0.39 is 0 Å². The minimum atomic E-state index is 0.116. The van der Waals surface area contributed by atoms with Gasteiger partial charge in [0.15, 0.2) is 0 Å². The molecular weight excluding hydrogens is 470 g/mol. The molecule has 2 aliphatic rings. The number of aromatic nitrogens is 2. The van der Waals surface area contributed by atoms with Gasteiger partial charge in [0.25, 0.3) is 0 Å². The summed E-state index contributed by atoms with van der Waals surface area (Å²) in [5, 5.41) is 7.28. The molecule has 1 aromatic heterocycles. The minimum Gasteiger partial charge on any atom is -0.356 e. The van der Waals surface area contributed by atoms with E-state index in [-0.39, 0.29) is 11.8 Å². The zero-order valence-electron chi connectivity index (χ0n) is 18.8. The van der Waals surface area contributed by atoms with Crippen LogP contribution >= 0.6 is 15.9 Å². The van der Waals surface area contributed by atoms with Gasteiger partial charge in [0.05, 0.1) is 6.54 Å². The average Bonchev–Trinajstić information content (AvgIpc) is 3.11. The summed E-state index contributed by atoms with van der Waals surface area (Å²) < 4.78 is 6.47. The molecule has 1 aromatic carbocycles. The zero-order chi connectivity index (χ0) is 22.2. The predicted molar refractivity (Wildman–Crippen MR) is 128 cm³/mol. The monoisotopic (exact) mass is 503 g/mol. The van der Waals surface area contributed by atoms with Crippen molar-refractivity contribution in [2.24, 2.45) is 5.92 Å². The van der Waals surface area contributed by atoms with Crippen LogP contribution in [-0.2, 0) is 11.3 Å². The lowest BCUT2D eigenvalue weighted by Gasteiger charge is -2.30. The molecule has 7 nitrogen and oxygen atoms in total. The molecule has 0 radical (unpaired) electrons. The summed E-state index contributed by atoms with van der Waals surface area (Å²) in [6, 6.07) is 7.87. The van der Waals surface area contributed by atoms with E-state index in [1.807, 2.05) is 24.3 Å². The highest BCUT2D eigenvalue weighted by Crippen LogP contribution is 2.22. The molecule has 2 aliphatic heterocycles. The van der Waals surface area contributed by atoms with Gasteiger partial charge in [-0.05, 0) is 89.1 Å². The first kappa shape index (κ1) is 23.4. The first-order valence-corrected chi connectivity index (χ1v) is 12.8. The molecule has 174 valence electrons. The van der Waals surface area contributed by atoms with Crippen LogP contribution in [0.1, 0.15) is 50.8 Å². The van der Waals surface area contributed by atoms with Crippen molar-refractivity contribution < 1.29 is 9.32 Å². The van der Waals surface area contributed by atoms with E-state index in [9.17, 15) is 4.79 Å². The number of piperidine rings is 1. The fourth-order valence-electron chi connectivity index (χ4n) is 4.60. The van der Waals surface area contributed by atoms with Gasteiger partial charge in [0.2, 0.25) is 17.6 Å². The molecule has 2 saturated heterocycles. The number of halogens is 1. The summed E-state index contributed by atoms with van der Waals surface area (Å²) >= 11 is 3.44.